The maximum Gasteiger partial charge on any atom is 0.280 e. The predicted molar refractivity (Wildman–Crippen MR) is 83.0 cm³/mol. The standard InChI is InChI=1S/C13H13N5O3S/c1-7-3-5-8(6-4-7)12-15-11-9(10(14)16-17-11)13(19)18(12)22(2,20)21/h3-6H,1-2H3,(H3,14,16,17). The van der Waals surface area contributed by atoms with Crippen LogP contribution in [0.4, 0.5) is 5.82 Å². The minimum Gasteiger partial charge on any atom is -0.381 e. The summed E-state index contributed by atoms with van der Waals surface area (Å²) in [6, 6.07) is 7.01. The molecule has 22 heavy (non-hydrogen) atoms. The van der Waals surface area contributed by atoms with Crippen LogP contribution < -0.4 is 11.3 Å². The van der Waals surface area contributed by atoms with E-state index in [9.17, 15) is 13.2 Å². The molecular weight excluding hydrogens is 306 g/mol. The number of nitrogens with zero attached hydrogens (tertiary/aromatic N) is 3. The zero-order valence-corrected chi connectivity index (χ0v) is 12.7. The van der Waals surface area contributed by atoms with Gasteiger partial charge in [-0.25, -0.2) is 13.4 Å². The third-order valence-electron chi connectivity index (χ3n) is 3.23. The molecule has 0 aliphatic carbocycles. The number of fused-ring (bicyclic) bond motifs is 1. The number of aryl methyl sites for hydroxylation is 1. The molecule has 1 aromatic carbocycles. The molecule has 0 unspecified atom stereocenters. The quantitative estimate of drug-likeness (QED) is 0.708. The molecule has 0 radical (unpaired) electrons. The number of anilines is 1. The second kappa shape index (κ2) is 4.67. The van der Waals surface area contributed by atoms with Gasteiger partial charge < -0.3 is 5.73 Å². The molecule has 3 rings (SSSR count). The van der Waals surface area contributed by atoms with Crippen LogP contribution in [-0.4, -0.2) is 33.8 Å². The Morgan fingerprint density at radius 2 is 1.86 bits per heavy atom. The number of aromatic nitrogens is 4. The minimum atomic E-state index is -3.86. The van der Waals surface area contributed by atoms with Crippen molar-refractivity contribution in [1.82, 2.24) is 19.2 Å². The topological polar surface area (TPSA) is 124 Å². The molecule has 0 aliphatic heterocycles. The Hall–Kier alpha value is -2.68. The van der Waals surface area contributed by atoms with Crippen molar-refractivity contribution in [2.75, 3.05) is 12.0 Å². The molecule has 0 fully saturated rings. The Morgan fingerprint density at radius 3 is 2.45 bits per heavy atom. The highest BCUT2D eigenvalue weighted by atomic mass is 32.2. The van der Waals surface area contributed by atoms with Crippen molar-refractivity contribution in [1.29, 1.82) is 0 Å². The zero-order valence-electron chi connectivity index (χ0n) is 11.9. The van der Waals surface area contributed by atoms with E-state index in [0.717, 1.165) is 11.8 Å². The van der Waals surface area contributed by atoms with Crippen LogP contribution in [0.15, 0.2) is 29.1 Å². The molecule has 2 aromatic heterocycles. The summed E-state index contributed by atoms with van der Waals surface area (Å²) >= 11 is 0. The smallest absolute Gasteiger partial charge is 0.280 e. The Bertz CT molecular complexity index is 1030. The number of benzene rings is 1. The van der Waals surface area contributed by atoms with Crippen LogP contribution >= 0.6 is 0 Å². The predicted octanol–water partition coefficient (Wildman–Crippen LogP) is 0.485. The first-order valence-electron chi connectivity index (χ1n) is 6.33. The van der Waals surface area contributed by atoms with Gasteiger partial charge in [-0.05, 0) is 6.92 Å². The first-order chi connectivity index (χ1) is 10.3. The average Bonchev–Trinajstić information content (AvgIpc) is 2.80. The summed E-state index contributed by atoms with van der Waals surface area (Å²) in [5.41, 5.74) is 6.50. The van der Waals surface area contributed by atoms with E-state index in [-0.39, 0.29) is 22.7 Å². The number of rotatable bonds is 2. The maximum atomic E-state index is 12.5. The Morgan fingerprint density at radius 1 is 1.23 bits per heavy atom. The van der Waals surface area contributed by atoms with Gasteiger partial charge in [-0.2, -0.15) is 9.07 Å². The lowest BCUT2D eigenvalue weighted by atomic mass is 10.1. The summed E-state index contributed by atoms with van der Waals surface area (Å²) in [5.74, 6) is -0.0657. The number of nitrogens with one attached hydrogen (secondary N) is 1. The number of H-pyrrole nitrogens is 1. The molecule has 0 bridgehead atoms. The van der Waals surface area contributed by atoms with Crippen LogP contribution in [0.25, 0.3) is 22.4 Å². The third-order valence-corrected chi connectivity index (χ3v) is 4.23. The van der Waals surface area contributed by atoms with Crippen molar-refractivity contribution < 1.29 is 8.42 Å². The molecular formula is C13H13N5O3S. The molecule has 0 aliphatic rings. The lowest BCUT2D eigenvalue weighted by molar-refractivity contribution is 0.592. The van der Waals surface area contributed by atoms with Crippen molar-refractivity contribution in [3.63, 3.8) is 0 Å². The van der Waals surface area contributed by atoms with E-state index in [1.165, 1.54) is 0 Å². The van der Waals surface area contributed by atoms with Crippen molar-refractivity contribution in [3.05, 3.63) is 40.2 Å². The molecule has 114 valence electrons. The Balaban J connectivity index is 2.48. The van der Waals surface area contributed by atoms with E-state index in [2.05, 4.69) is 15.2 Å². The highest BCUT2D eigenvalue weighted by Gasteiger charge is 2.22. The maximum absolute atomic E-state index is 12.5. The first kappa shape index (κ1) is 14.3. The number of aromatic amines is 1. The molecule has 0 saturated carbocycles. The van der Waals surface area contributed by atoms with Crippen molar-refractivity contribution >= 4 is 26.9 Å². The SMILES string of the molecule is Cc1ccc(-c2nc3[nH]nc(N)c3c(=O)n2S(C)(=O)=O)cc1. The van der Waals surface area contributed by atoms with E-state index in [0.29, 0.717) is 9.54 Å². The van der Waals surface area contributed by atoms with Crippen LogP contribution in [0.2, 0.25) is 0 Å². The molecule has 0 amide bonds. The monoisotopic (exact) mass is 319 g/mol. The van der Waals surface area contributed by atoms with E-state index in [1.807, 2.05) is 6.92 Å². The van der Waals surface area contributed by atoms with Crippen LogP contribution in [0, 0.1) is 6.92 Å². The molecule has 0 spiro atoms. The van der Waals surface area contributed by atoms with Gasteiger partial charge in [-0.15, -0.1) is 0 Å². The highest BCUT2D eigenvalue weighted by molar-refractivity contribution is 7.89. The molecule has 3 N–H and O–H groups in total. The number of nitrogens with two attached hydrogens (primary N) is 1. The fourth-order valence-electron chi connectivity index (χ4n) is 2.18. The summed E-state index contributed by atoms with van der Waals surface area (Å²) in [4.78, 5) is 16.7. The second-order valence-corrected chi connectivity index (χ2v) is 6.80. The van der Waals surface area contributed by atoms with Gasteiger partial charge in [0, 0.05) is 5.56 Å². The van der Waals surface area contributed by atoms with Gasteiger partial charge in [-0.1, -0.05) is 29.8 Å². The van der Waals surface area contributed by atoms with E-state index >= 15 is 0 Å². The summed E-state index contributed by atoms with van der Waals surface area (Å²) in [6.07, 6.45) is 0.940. The summed E-state index contributed by atoms with van der Waals surface area (Å²) in [7, 11) is -3.86. The largest absolute Gasteiger partial charge is 0.381 e. The average molecular weight is 319 g/mol. The number of nitrogen functional groups attached to an aromatic ring is 1. The third kappa shape index (κ3) is 2.15. The van der Waals surface area contributed by atoms with Gasteiger partial charge >= 0.3 is 0 Å². The van der Waals surface area contributed by atoms with Gasteiger partial charge in [0.1, 0.15) is 5.39 Å². The number of hydrogen-bond acceptors (Lipinski definition) is 6. The van der Waals surface area contributed by atoms with E-state index in [4.69, 9.17) is 5.73 Å². The fraction of sp³-hybridized carbons (Fsp3) is 0.154. The van der Waals surface area contributed by atoms with Crippen molar-refractivity contribution in [3.8, 4) is 11.4 Å². The Kier molecular flexibility index (Phi) is 3.03. The van der Waals surface area contributed by atoms with Crippen molar-refractivity contribution in [2.45, 2.75) is 6.92 Å². The molecule has 8 nitrogen and oxygen atoms in total. The van der Waals surface area contributed by atoms with E-state index < -0.39 is 15.6 Å². The highest BCUT2D eigenvalue weighted by Crippen LogP contribution is 2.21. The fourth-order valence-corrected chi connectivity index (χ4v) is 3.03. The van der Waals surface area contributed by atoms with Gasteiger partial charge in [-0.3, -0.25) is 9.89 Å². The summed E-state index contributed by atoms with van der Waals surface area (Å²) in [5, 5.41) is 6.20. The van der Waals surface area contributed by atoms with Gasteiger partial charge in [0.05, 0.1) is 6.26 Å². The van der Waals surface area contributed by atoms with Crippen LogP contribution in [-0.2, 0) is 10.0 Å². The first-order valence-corrected chi connectivity index (χ1v) is 8.18. The molecule has 9 heteroatoms. The summed E-state index contributed by atoms with van der Waals surface area (Å²) < 4.78 is 24.7. The van der Waals surface area contributed by atoms with Crippen LogP contribution in [0.1, 0.15) is 5.56 Å². The van der Waals surface area contributed by atoms with Gasteiger partial charge in [0.2, 0.25) is 10.0 Å². The van der Waals surface area contributed by atoms with E-state index in [1.54, 1.807) is 24.3 Å². The zero-order chi connectivity index (χ0) is 16.1. The lowest BCUT2D eigenvalue weighted by Gasteiger charge is -2.10. The molecule has 2 heterocycles. The molecule has 3 aromatic rings. The molecule has 0 saturated heterocycles. The summed E-state index contributed by atoms with van der Waals surface area (Å²) in [6.45, 7) is 1.90. The lowest BCUT2D eigenvalue weighted by Crippen LogP contribution is -2.29. The minimum absolute atomic E-state index is 0.0173. The molecule has 0 atom stereocenters. The van der Waals surface area contributed by atoms with Crippen LogP contribution in [0.5, 0.6) is 0 Å². The normalized spacial score (nSPS) is 11.9. The number of hydrogen-bond donors (Lipinski definition) is 2. The second-order valence-electron chi connectivity index (χ2n) is 4.97. The van der Waals surface area contributed by atoms with Crippen LogP contribution in [0.3, 0.4) is 0 Å². The van der Waals surface area contributed by atoms with Gasteiger partial charge in [0.25, 0.3) is 5.56 Å². The Labute approximate surface area is 125 Å². The van der Waals surface area contributed by atoms with Crippen molar-refractivity contribution in [2.24, 2.45) is 0 Å². The van der Waals surface area contributed by atoms with Gasteiger partial charge in [0.15, 0.2) is 17.3 Å².